The zero-order chi connectivity index (χ0) is 17.0. The van der Waals surface area contributed by atoms with Crippen LogP contribution < -0.4 is 5.32 Å². The highest BCUT2D eigenvalue weighted by atomic mass is 16.6. The van der Waals surface area contributed by atoms with Crippen molar-refractivity contribution in [1.82, 2.24) is 14.5 Å². The Balaban J connectivity index is 2.22. The molecule has 0 aliphatic rings. The molecule has 0 atom stereocenters. The highest BCUT2D eigenvalue weighted by Gasteiger charge is 2.24. The number of nitrogens with one attached hydrogen (secondary N) is 1. The Morgan fingerprint density at radius 2 is 2.26 bits per heavy atom. The third kappa shape index (κ3) is 3.62. The van der Waals surface area contributed by atoms with Crippen LogP contribution in [-0.2, 0) is 10.3 Å². The van der Waals surface area contributed by atoms with E-state index in [2.05, 4.69) is 20.0 Å². The van der Waals surface area contributed by atoms with Crippen LogP contribution in [0.15, 0.2) is 31.0 Å². The summed E-state index contributed by atoms with van der Waals surface area (Å²) in [6.45, 7) is 4.29. The van der Waals surface area contributed by atoms with E-state index in [0.717, 1.165) is 6.07 Å². The predicted molar refractivity (Wildman–Crippen MR) is 82.3 cm³/mol. The molecule has 0 fully saturated rings. The Kier molecular flexibility index (Phi) is 4.58. The lowest BCUT2D eigenvalue weighted by Crippen LogP contribution is -2.33. The van der Waals surface area contributed by atoms with Gasteiger partial charge in [0.05, 0.1) is 29.5 Å². The van der Waals surface area contributed by atoms with Crippen molar-refractivity contribution >= 4 is 17.5 Å². The molecule has 0 amide bonds. The number of esters is 1. The van der Waals surface area contributed by atoms with Crippen LogP contribution in [0.25, 0.3) is 0 Å². The highest BCUT2D eigenvalue weighted by molar-refractivity contribution is 5.90. The van der Waals surface area contributed by atoms with Gasteiger partial charge in [0.15, 0.2) is 0 Å². The normalized spacial score (nSPS) is 11.1. The lowest BCUT2D eigenvalue weighted by Gasteiger charge is -2.26. The van der Waals surface area contributed by atoms with E-state index in [9.17, 15) is 14.9 Å². The molecule has 0 aromatic carbocycles. The second kappa shape index (κ2) is 6.42. The molecule has 0 radical (unpaired) electrons. The number of anilines is 1. The smallest absolute Gasteiger partial charge is 0.339 e. The number of nitro groups is 1. The molecule has 1 N–H and O–H groups in total. The Hall–Kier alpha value is -2.97. The lowest BCUT2D eigenvalue weighted by atomic mass is 10.1. The zero-order valence-electron chi connectivity index (χ0n) is 13.0. The van der Waals surface area contributed by atoms with Crippen molar-refractivity contribution in [3.63, 3.8) is 0 Å². The van der Waals surface area contributed by atoms with E-state index in [1.54, 1.807) is 12.5 Å². The Morgan fingerprint density at radius 3 is 2.83 bits per heavy atom. The van der Waals surface area contributed by atoms with Crippen LogP contribution in [0.1, 0.15) is 24.2 Å². The first kappa shape index (κ1) is 16.4. The summed E-state index contributed by atoms with van der Waals surface area (Å²) in [5, 5.41) is 14.2. The Morgan fingerprint density at radius 1 is 1.52 bits per heavy atom. The molecule has 9 heteroatoms. The van der Waals surface area contributed by atoms with Gasteiger partial charge in [0.25, 0.3) is 0 Å². The van der Waals surface area contributed by atoms with Crippen LogP contribution in [0, 0.1) is 10.1 Å². The molecule has 9 nitrogen and oxygen atoms in total. The number of methoxy groups -OCH3 is 1. The molecule has 122 valence electrons. The standard InChI is InChI=1S/C14H17N5O4/c1-14(2,18-5-4-15-9-18)8-17-12-11(19(21)22)6-10(7-16-12)13(20)23-3/h4-7,9H,8H2,1-3H3,(H,16,17). The molecule has 0 saturated carbocycles. The first-order valence-corrected chi connectivity index (χ1v) is 6.80. The van der Waals surface area contributed by atoms with Gasteiger partial charge in [-0.2, -0.15) is 0 Å². The van der Waals surface area contributed by atoms with Gasteiger partial charge in [-0.15, -0.1) is 0 Å². The van der Waals surface area contributed by atoms with Crippen molar-refractivity contribution in [2.75, 3.05) is 19.0 Å². The van der Waals surface area contributed by atoms with Crippen LogP contribution in [0.2, 0.25) is 0 Å². The number of carbonyl (C=O) groups is 1. The number of imidazole rings is 1. The largest absolute Gasteiger partial charge is 0.465 e. The molecular formula is C14H17N5O4. The minimum atomic E-state index is -0.675. The SMILES string of the molecule is COC(=O)c1cnc(NCC(C)(C)n2ccnc2)c([N+](=O)[O-])c1. The fraction of sp³-hybridized carbons (Fsp3) is 0.357. The Labute approximate surface area is 132 Å². The molecular weight excluding hydrogens is 302 g/mol. The number of pyridine rings is 1. The molecule has 2 aromatic rings. The van der Waals surface area contributed by atoms with Crippen molar-refractivity contribution < 1.29 is 14.5 Å². The van der Waals surface area contributed by atoms with Crippen molar-refractivity contribution in [3.8, 4) is 0 Å². The molecule has 0 unspecified atom stereocenters. The fourth-order valence-corrected chi connectivity index (χ4v) is 1.97. The highest BCUT2D eigenvalue weighted by Crippen LogP contribution is 2.25. The summed E-state index contributed by atoms with van der Waals surface area (Å²) in [5.41, 5.74) is -0.625. The molecule has 23 heavy (non-hydrogen) atoms. The van der Waals surface area contributed by atoms with Crippen LogP contribution in [0.5, 0.6) is 0 Å². The van der Waals surface area contributed by atoms with Crippen molar-refractivity contribution in [3.05, 3.63) is 46.7 Å². The number of hydrogen-bond donors (Lipinski definition) is 1. The van der Waals surface area contributed by atoms with Gasteiger partial charge in [0, 0.05) is 31.2 Å². The van der Waals surface area contributed by atoms with E-state index in [-0.39, 0.29) is 22.6 Å². The van der Waals surface area contributed by atoms with Crippen molar-refractivity contribution in [2.45, 2.75) is 19.4 Å². The van der Waals surface area contributed by atoms with Crippen molar-refractivity contribution in [1.29, 1.82) is 0 Å². The second-order valence-corrected chi connectivity index (χ2v) is 5.48. The molecule has 0 aliphatic heterocycles. The number of ether oxygens (including phenoxy) is 1. The molecule has 0 spiro atoms. The van der Waals surface area contributed by atoms with E-state index in [4.69, 9.17) is 0 Å². The van der Waals surface area contributed by atoms with E-state index < -0.39 is 10.9 Å². The molecule has 2 rings (SSSR count). The minimum Gasteiger partial charge on any atom is -0.465 e. The van der Waals surface area contributed by atoms with E-state index in [0.29, 0.717) is 6.54 Å². The third-order valence-corrected chi connectivity index (χ3v) is 3.38. The maximum atomic E-state index is 11.5. The van der Waals surface area contributed by atoms with Crippen LogP contribution in [-0.4, -0.2) is 39.1 Å². The number of hydrogen-bond acceptors (Lipinski definition) is 7. The van der Waals surface area contributed by atoms with E-state index in [1.165, 1.54) is 13.3 Å². The molecule has 0 bridgehead atoms. The first-order chi connectivity index (χ1) is 10.8. The van der Waals surface area contributed by atoms with Crippen LogP contribution >= 0.6 is 0 Å². The Bertz CT molecular complexity index is 712. The van der Waals surface area contributed by atoms with Crippen molar-refractivity contribution in [2.24, 2.45) is 0 Å². The molecule has 2 aromatic heterocycles. The van der Waals surface area contributed by atoms with Crippen LogP contribution in [0.4, 0.5) is 11.5 Å². The first-order valence-electron chi connectivity index (χ1n) is 6.80. The third-order valence-electron chi connectivity index (χ3n) is 3.38. The quantitative estimate of drug-likeness (QED) is 0.491. The molecule has 2 heterocycles. The van der Waals surface area contributed by atoms with Gasteiger partial charge < -0.3 is 14.6 Å². The van der Waals surface area contributed by atoms with Gasteiger partial charge in [-0.3, -0.25) is 10.1 Å². The lowest BCUT2D eigenvalue weighted by molar-refractivity contribution is -0.384. The number of nitrogens with zero attached hydrogens (tertiary/aromatic N) is 4. The van der Waals surface area contributed by atoms with Gasteiger partial charge in [-0.05, 0) is 13.8 Å². The number of aromatic nitrogens is 3. The monoisotopic (exact) mass is 319 g/mol. The summed E-state index contributed by atoms with van der Waals surface area (Å²) >= 11 is 0. The molecule has 0 aliphatic carbocycles. The summed E-state index contributed by atoms with van der Waals surface area (Å²) in [5.74, 6) is -0.582. The van der Waals surface area contributed by atoms with E-state index >= 15 is 0 Å². The van der Waals surface area contributed by atoms with Gasteiger partial charge in [0.2, 0.25) is 5.82 Å². The fourth-order valence-electron chi connectivity index (χ4n) is 1.97. The molecule has 0 saturated heterocycles. The number of rotatable bonds is 6. The van der Waals surface area contributed by atoms with Gasteiger partial charge >= 0.3 is 11.7 Å². The topological polar surface area (TPSA) is 112 Å². The summed E-state index contributed by atoms with van der Waals surface area (Å²) in [6.07, 6.45) is 6.38. The summed E-state index contributed by atoms with van der Waals surface area (Å²) in [4.78, 5) is 30.0. The summed E-state index contributed by atoms with van der Waals surface area (Å²) < 4.78 is 6.43. The summed E-state index contributed by atoms with van der Waals surface area (Å²) in [6, 6.07) is 1.14. The maximum absolute atomic E-state index is 11.5. The van der Waals surface area contributed by atoms with Crippen LogP contribution in [0.3, 0.4) is 0 Å². The minimum absolute atomic E-state index is 0.0265. The zero-order valence-corrected chi connectivity index (χ0v) is 13.0. The van der Waals surface area contributed by atoms with Gasteiger partial charge in [-0.1, -0.05) is 0 Å². The average molecular weight is 319 g/mol. The van der Waals surface area contributed by atoms with Gasteiger partial charge in [0.1, 0.15) is 0 Å². The maximum Gasteiger partial charge on any atom is 0.339 e. The predicted octanol–water partition coefficient (Wildman–Crippen LogP) is 1.82. The average Bonchev–Trinajstić information content (AvgIpc) is 3.07. The van der Waals surface area contributed by atoms with Gasteiger partial charge in [-0.25, -0.2) is 14.8 Å². The summed E-state index contributed by atoms with van der Waals surface area (Å²) in [7, 11) is 1.20. The van der Waals surface area contributed by atoms with E-state index in [1.807, 2.05) is 24.6 Å². The number of carbonyl (C=O) groups excluding carboxylic acids is 1. The second-order valence-electron chi connectivity index (χ2n) is 5.48.